The molecule has 0 aliphatic heterocycles. The van der Waals surface area contributed by atoms with Crippen LogP contribution in [-0.4, -0.2) is 28.3 Å². The van der Waals surface area contributed by atoms with Gasteiger partial charge in [0, 0.05) is 0 Å². The summed E-state index contributed by atoms with van der Waals surface area (Å²) < 4.78 is 7.67. The predicted octanol–water partition coefficient (Wildman–Crippen LogP) is 5.56. The number of amides is 1. The van der Waals surface area contributed by atoms with E-state index in [1.54, 1.807) is 72.8 Å². The summed E-state index contributed by atoms with van der Waals surface area (Å²) in [4.78, 5) is 24.2. The summed E-state index contributed by atoms with van der Waals surface area (Å²) in [5.41, 5.74) is 3.24. The van der Waals surface area contributed by atoms with Gasteiger partial charge < -0.3 is 14.9 Å². The number of nitrogens with zero attached hydrogens (tertiary/aromatic N) is 1. The molecule has 0 spiro atoms. The fourth-order valence-corrected chi connectivity index (χ4v) is 5.85. The monoisotopic (exact) mass is 732 g/mol. The Morgan fingerprint density at radius 2 is 1.39 bits per heavy atom. The van der Waals surface area contributed by atoms with Crippen molar-refractivity contribution < 1.29 is 24.5 Å². The van der Waals surface area contributed by atoms with Crippen LogP contribution in [0.15, 0.2) is 102 Å². The number of nitrogens with one attached hydrogen (secondary N) is 1. The zero-order chi connectivity index (χ0) is 27.1. The molecule has 0 bridgehead atoms. The third kappa shape index (κ3) is 6.40. The molecule has 4 aromatic carbocycles. The first kappa shape index (κ1) is 27.7. The third-order valence-electron chi connectivity index (χ3n) is 5.70. The number of rotatable bonds is 9. The Kier molecular flexibility index (Phi) is 9.13. The lowest BCUT2D eigenvalue weighted by Crippen LogP contribution is -2.43. The van der Waals surface area contributed by atoms with E-state index in [1.165, 1.54) is 6.21 Å². The van der Waals surface area contributed by atoms with Crippen molar-refractivity contribution in [3.05, 3.63) is 132 Å². The zero-order valence-corrected chi connectivity index (χ0v) is 24.2. The van der Waals surface area contributed by atoms with Crippen LogP contribution in [0.1, 0.15) is 32.6 Å². The Labute approximate surface area is 246 Å². The minimum Gasteiger partial charge on any atom is -0.487 e. The summed E-state index contributed by atoms with van der Waals surface area (Å²) in [6, 6.07) is 27.7. The van der Waals surface area contributed by atoms with Gasteiger partial charge in [0.05, 0.1) is 18.9 Å². The molecule has 3 N–H and O–H groups in total. The summed E-state index contributed by atoms with van der Waals surface area (Å²) in [6.07, 6.45) is 1.51. The second-order valence-corrected chi connectivity index (χ2v) is 10.6. The number of hydrazone groups is 1. The van der Waals surface area contributed by atoms with E-state index in [0.29, 0.717) is 16.9 Å². The van der Waals surface area contributed by atoms with Gasteiger partial charge in [-0.1, -0.05) is 72.8 Å². The SMILES string of the molecule is O=C(O)c1ccc(COc2c(I)cc(/C=N/NC(=O)C(O)(c3ccccc3)c3ccccc3)cc2I)cc1. The molecule has 1 amide bonds. The second-order valence-electron chi connectivity index (χ2n) is 8.25. The maximum absolute atomic E-state index is 13.2. The van der Waals surface area contributed by atoms with Crippen LogP contribution in [-0.2, 0) is 17.0 Å². The van der Waals surface area contributed by atoms with Gasteiger partial charge in [-0.15, -0.1) is 0 Å². The van der Waals surface area contributed by atoms with E-state index < -0.39 is 17.5 Å². The number of hydrogen-bond acceptors (Lipinski definition) is 5. The van der Waals surface area contributed by atoms with Crippen molar-refractivity contribution in [2.24, 2.45) is 5.10 Å². The number of aliphatic hydroxyl groups is 1. The van der Waals surface area contributed by atoms with E-state index in [0.717, 1.165) is 18.3 Å². The van der Waals surface area contributed by atoms with Crippen molar-refractivity contribution in [3.8, 4) is 5.75 Å². The van der Waals surface area contributed by atoms with E-state index in [9.17, 15) is 14.7 Å². The van der Waals surface area contributed by atoms with Crippen molar-refractivity contribution in [1.29, 1.82) is 0 Å². The average Bonchev–Trinajstić information content (AvgIpc) is 2.93. The smallest absolute Gasteiger partial charge is 0.335 e. The molecular formula is C29H22I2N2O5. The van der Waals surface area contributed by atoms with Gasteiger partial charge >= 0.3 is 5.97 Å². The quantitative estimate of drug-likeness (QED) is 0.119. The third-order valence-corrected chi connectivity index (χ3v) is 7.30. The number of carbonyl (C=O) groups excluding carboxylic acids is 1. The Morgan fingerprint density at radius 3 is 1.89 bits per heavy atom. The molecule has 38 heavy (non-hydrogen) atoms. The Hall–Kier alpha value is -3.29. The second kappa shape index (κ2) is 12.5. The van der Waals surface area contributed by atoms with Crippen LogP contribution in [0.2, 0.25) is 0 Å². The fourth-order valence-electron chi connectivity index (χ4n) is 3.72. The number of aromatic carboxylic acids is 1. The molecule has 9 heteroatoms. The predicted molar refractivity (Wildman–Crippen MR) is 161 cm³/mol. The van der Waals surface area contributed by atoms with Gasteiger partial charge in [0.1, 0.15) is 12.4 Å². The molecule has 0 saturated carbocycles. The molecule has 0 aromatic heterocycles. The minimum absolute atomic E-state index is 0.222. The first-order chi connectivity index (χ1) is 18.3. The summed E-state index contributed by atoms with van der Waals surface area (Å²) in [5, 5.41) is 24.7. The Balaban J connectivity index is 1.47. The van der Waals surface area contributed by atoms with Gasteiger partial charge in [0.2, 0.25) is 0 Å². The van der Waals surface area contributed by atoms with Crippen LogP contribution in [0.4, 0.5) is 0 Å². The van der Waals surface area contributed by atoms with Gasteiger partial charge in [-0.05, 0) is 91.7 Å². The van der Waals surface area contributed by atoms with Crippen LogP contribution >= 0.6 is 45.2 Å². The Morgan fingerprint density at radius 1 is 0.868 bits per heavy atom. The molecule has 4 rings (SSSR count). The number of ether oxygens (including phenoxy) is 1. The van der Waals surface area contributed by atoms with E-state index in [1.807, 2.05) is 24.3 Å². The Bertz CT molecular complexity index is 1400. The van der Waals surface area contributed by atoms with Gasteiger partial charge in [-0.2, -0.15) is 5.10 Å². The molecule has 0 aliphatic rings. The highest BCUT2D eigenvalue weighted by molar-refractivity contribution is 14.1. The van der Waals surface area contributed by atoms with Crippen LogP contribution in [0.5, 0.6) is 5.75 Å². The van der Waals surface area contributed by atoms with Gasteiger partial charge in [0.15, 0.2) is 5.60 Å². The lowest BCUT2D eigenvalue weighted by Gasteiger charge is -2.27. The molecule has 0 fully saturated rings. The van der Waals surface area contributed by atoms with E-state index in [4.69, 9.17) is 9.84 Å². The number of carboxylic acids is 1. The summed E-state index contributed by atoms with van der Waals surface area (Å²) in [7, 11) is 0. The van der Waals surface area contributed by atoms with E-state index in [-0.39, 0.29) is 12.2 Å². The van der Waals surface area contributed by atoms with Crippen LogP contribution in [0, 0.1) is 7.14 Å². The fraction of sp³-hybridized carbons (Fsp3) is 0.0690. The number of halogens is 2. The first-order valence-corrected chi connectivity index (χ1v) is 13.6. The van der Waals surface area contributed by atoms with Crippen LogP contribution < -0.4 is 10.2 Å². The number of benzene rings is 4. The maximum atomic E-state index is 13.2. The normalized spacial score (nSPS) is 11.3. The topological polar surface area (TPSA) is 108 Å². The lowest BCUT2D eigenvalue weighted by molar-refractivity contribution is -0.136. The van der Waals surface area contributed by atoms with E-state index in [2.05, 4.69) is 55.7 Å². The molecule has 4 aromatic rings. The highest BCUT2D eigenvalue weighted by atomic mass is 127. The molecule has 0 saturated heterocycles. The average molecular weight is 732 g/mol. The van der Waals surface area contributed by atoms with Crippen LogP contribution in [0.3, 0.4) is 0 Å². The first-order valence-electron chi connectivity index (χ1n) is 11.4. The summed E-state index contributed by atoms with van der Waals surface area (Å²) in [5.74, 6) is -0.957. The molecule has 0 atom stereocenters. The molecule has 0 aliphatic carbocycles. The van der Waals surface area contributed by atoms with Gasteiger partial charge in [-0.3, -0.25) is 4.79 Å². The minimum atomic E-state index is -1.91. The van der Waals surface area contributed by atoms with Gasteiger partial charge in [-0.25, -0.2) is 10.2 Å². The highest BCUT2D eigenvalue weighted by Crippen LogP contribution is 2.31. The summed E-state index contributed by atoms with van der Waals surface area (Å²) in [6.45, 7) is 0.285. The van der Waals surface area contributed by atoms with E-state index >= 15 is 0 Å². The van der Waals surface area contributed by atoms with Crippen molar-refractivity contribution in [2.45, 2.75) is 12.2 Å². The number of hydrogen-bond donors (Lipinski definition) is 3. The lowest BCUT2D eigenvalue weighted by atomic mass is 9.85. The number of carbonyl (C=O) groups is 2. The van der Waals surface area contributed by atoms with Crippen molar-refractivity contribution in [3.63, 3.8) is 0 Å². The largest absolute Gasteiger partial charge is 0.487 e. The molecule has 0 radical (unpaired) electrons. The van der Waals surface area contributed by atoms with Gasteiger partial charge in [0.25, 0.3) is 5.91 Å². The van der Waals surface area contributed by atoms with Crippen molar-refractivity contribution in [1.82, 2.24) is 5.43 Å². The molecule has 192 valence electrons. The standard InChI is InChI=1S/C29H22I2N2O5/c30-24-15-20(16-25(31)26(24)38-18-19-11-13-21(14-12-19)27(34)35)17-32-33-28(36)29(37,22-7-3-1-4-8-22)23-9-5-2-6-10-23/h1-17,37H,18H2,(H,33,36)(H,34,35)/b32-17+. The molecule has 0 heterocycles. The highest BCUT2D eigenvalue weighted by Gasteiger charge is 2.39. The molecular weight excluding hydrogens is 710 g/mol. The zero-order valence-electron chi connectivity index (χ0n) is 19.8. The van der Waals surface area contributed by atoms with Crippen LogP contribution in [0.25, 0.3) is 0 Å². The van der Waals surface area contributed by atoms with Crippen molar-refractivity contribution in [2.75, 3.05) is 0 Å². The number of carboxylic acid groups (broad SMARTS) is 1. The van der Waals surface area contributed by atoms with Crippen molar-refractivity contribution >= 4 is 63.3 Å². The summed E-state index contributed by atoms with van der Waals surface area (Å²) >= 11 is 4.33. The molecule has 0 unspecified atom stereocenters. The maximum Gasteiger partial charge on any atom is 0.335 e. The molecule has 7 nitrogen and oxygen atoms in total.